The monoisotopic (exact) mass is 369 g/mol. The molecule has 0 spiro atoms. The van der Waals surface area contributed by atoms with Gasteiger partial charge in [0.05, 0.1) is 0 Å². The van der Waals surface area contributed by atoms with Crippen LogP contribution in [0.5, 0.6) is 0 Å². The summed E-state index contributed by atoms with van der Waals surface area (Å²) in [7, 11) is 0. The van der Waals surface area contributed by atoms with Crippen molar-refractivity contribution < 1.29 is 5.48 Å². The summed E-state index contributed by atoms with van der Waals surface area (Å²) in [5, 5.41) is 0. The van der Waals surface area contributed by atoms with Gasteiger partial charge in [0.25, 0.3) is 0 Å². The summed E-state index contributed by atoms with van der Waals surface area (Å²) in [4.78, 5) is 2.66. The fraction of sp³-hybridized carbons (Fsp3) is 1.00. The van der Waals surface area contributed by atoms with Gasteiger partial charge in [-0.1, -0.05) is 110 Å². The fourth-order valence-electron chi connectivity index (χ4n) is 4.63. The molecule has 158 valence electrons. The molecule has 0 saturated heterocycles. The predicted molar refractivity (Wildman–Crippen MR) is 118 cm³/mol. The molecule has 0 aromatic heterocycles. The molecule has 1 saturated carbocycles. The fourth-order valence-corrected chi connectivity index (χ4v) is 4.63. The molecule has 0 heterocycles. The van der Waals surface area contributed by atoms with Gasteiger partial charge < -0.3 is 10.4 Å². The van der Waals surface area contributed by atoms with Gasteiger partial charge in [0.15, 0.2) is 0 Å². The van der Waals surface area contributed by atoms with Crippen molar-refractivity contribution in [2.24, 2.45) is 5.92 Å². The molecule has 0 unspecified atom stereocenters. The molecule has 26 heavy (non-hydrogen) atoms. The Hall–Kier alpha value is -0.0800. The van der Waals surface area contributed by atoms with Gasteiger partial charge in [0.2, 0.25) is 0 Å². The van der Waals surface area contributed by atoms with Crippen molar-refractivity contribution in [1.29, 1.82) is 0 Å². The van der Waals surface area contributed by atoms with Gasteiger partial charge in [0.1, 0.15) is 0 Å². The lowest BCUT2D eigenvalue weighted by Gasteiger charge is -2.21. The van der Waals surface area contributed by atoms with Crippen molar-refractivity contribution in [3.63, 3.8) is 0 Å². The van der Waals surface area contributed by atoms with Gasteiger partial charge in [-0.25, -0.2) is 0 Å². The van der Waals surface area contributed by atoms with Gasteiger partial charge in [0, 0.05) is 0 Å². The Bertz CT molecular complexity index is 257. The molecule has 1 rings (SSSR count). The minimum absolute atomic E-state index is 0. The zero-order chi connectivity index (χ0) is 18.0. The van der Waals surface area contributed by atoms with Gasteiger partial charge >= 0.3 is 0 Å². The van der Waals surface area contributed by atoms with E-state index < -0.39 is 0 Å². The molecule has 0 amide bonds. The van der Waals surface area contributed by atoms with Crippen molar-refractivity contribution >= 4 is 0 Å². The normalized spacial score (nSPS) is 15.3. The van der Waals surface area contributed by atoms with Crippen molar-refractivity contribution in [2.75, 3.05) is 19.6 Å². The van der Waals surface area contributed by atoms with Crippen LogP contribution < -0.4 is 0 Å². The Kier molecular flexibility index (Phi) is 19.6. The molecule has 0 bridgehead atoms. The van der Waals surface area contributed by atoms with Gasteiger partial charge in [-0.3, -0.25) is 0 Å². The first kappa shape index (κ1) is 25.9. The van der Waals surface area contributed by atoms with E-state index in [1.807, 2.05) is 0 Å². The molecular formula is C24H51NO. The van der Waals surface area contributed by atoms with Crippen LogP contribution in [0.2, 0.25) is 0 Å². The van der Waals surface area contributed by atoms with E-state index in [0.29, 0.717) is 0 Å². The summed E-state index contributed by atoms with van der Waals surface area (Å²) in [6.45, 7) is 8.54. The quantitative estimate of drug-likeness (QED) is 0.250. The minimum Gasteiger partial charge on any atom is -0.412 e. The summed E-state index contributed by atoms with van der Waals surface area (Å²) in [6.07, 6.45) is 26.5. The standard InChI is InChI=1S/C24H49N.H2O/c1-3-21-25(22-4-2)23-17-12-10-8-6-5-7-9-11-14-18-24-19-15-13-16-20-24;/h24H,3-23H2,1-2H3;1H2. The number of rotatable bonds is 17. The first-order valence-corrected chi connectivity index (χ1v) is 12.1. The Balaban J connectivity index is 0.00000625. The Morgan fingerprint density at radius 3 is 1.54 bits per heavy atom. The molecular weight excluding hydrogens is 318 g/mol. The third-order valence-corrected chi connectivity index (χ3v) is 6.14. The van der Waals surface area contributed by atoms with E-state index in [4.69, 9.17) is 0 Å². The Morgan fingerprint density at radius 1 is 0.577 bits per heavy atom. The Morgan fingerprint density at radius 2 is 1.04 bits per heavy atom. The van der Waals surface area contributed by atoms with Crippen molar-refractivity contribution in [3.8, 4) is 0 Å². The second-order valence-corrected chi connectivity index (χ2v) is 8.67. The molecule has 0 radical (unpaired) electrons. The van der Waals surface area contributed by atoms with Gasteiger partial charge in [-0.15, -0.1) is 0 Å². The van der Waals surface area contributed by atoms with Crippen LogP contribution in [0.4, 0.5) is 0 Å². The lowest BCUT2D eigenvalue weighted by Crippen LogP contribution is -2.26. The van der Waals surface area contributed by atoms with Crippen LogP contribution >= 0.6 is 0 Å². The first-order valence-electron chi connectivity index (χ1n) is 12.1. The van der Waals surface area contributed by atoms with Crippen LogP contribution in [-0.4, -0.2) is 30.0 Å². The average molecular weight is 370 g/mol. The summed E-state index contributed by atoms with van der Waals surface area (Å²) in [5.74, 6) is 1.10. The van der Waals surface area contributed by atoms with Crippen LogP contribution in [0.25, 0.3) is 0 Å². The van der Waals surface area contributed by atoms with Gasteiger partial charge in [-0.05, 0) is 44.8 Å². The van der Waals surface area contributed by atoms with E-state index in [9.17, 15) is 0 Å². The maximum atomic E-state index is 2.66. The van der Waals surface area contributed by atoms with Gasteiger partial charge in [-0.2, -0.15) is 0 Å². The number of unbranched alkanes of at least 4 members (excludes halogenated alkanes) is 9. The van der Waals surface area contributed by atoms with Crippen molar-refractivity contribution in [2.45, 2.75) is 129 Å². The molecule has 2 heteroatoms. The first-order chi connectivity index (χ1) is 12.4. The minimum atomic E-state index is 0. The maximum absolute atomic E-state index is 2.66. The molecule has 1 aliphatic rings. The second kappa shape index (κ2) is 19.7. The lowest BCUT2D eigenvalue weighted by molar-refractivity contribution is 0.267. The number of hydrogen-bond acceptors (Lipinski definition) is 1. The molecule has 0 aromatic carbocycles. The second-order valence-electron chi connectivity index (χ2n) is 8.67. The van der Waals surface area contributed by atoms with E-state index >= 15 is 0 Å². The summed E-state index contributed by atoms with van der Waals surface area (Å²) in [6, 6.07) is 0. The highest BCUT2D eigenvalue weighted by Crippen LogP contribution is 2.28. The zero-order valence-electron chi connectivity index (χ0n) is 18.4. The average Bonchev–Trinajstić information content (AvgIpc) is 2.64. The van der Waals surface area contributed by atoms with E-state index in [-0.39, 0.29) is 5.48 Å². The van der Waals surface area contributed by atoms with Crippen molar-refractivity contribution in [1.82, 2.24) is 4.90 Å². The van der Waals surface area contributed by atoms with Crippen LogP contribution in [-0.2, 0) is 0 Å². The Labute approximate surface area is 165 Å². The SMILES string of the molecule is CCCN(CCC)CCCCCCCCCCCCC1CCCCC1.O. The van der Waals surface area contributed by atoms with E-state index in [2.05, 4.69) is 18.7 Å². The van der Waals surface area contributed by atoms with E-state index in [1.165, 1.54) is 135 Å². The third-order valence-electron chi connectivity index (χ3n) is 6.14. The molecule has 2 N–H and O–H groups in total. The highest BCUT2D eigenvalue weighted by molar-refractivity contribution is 4.65. The third kappa shape index (κ3) is 15.0. The maximum Gasteiger partial charge on any atom is -0.00187 e. The lowest BCUT2D eigenvalue weighted by atomic mass is 9.85. The molecule has 0 aromatic rings. The smallest absolute Gasteiger partial charge is 0.00187 e. The molecule has 0 aliphatic heterocycles. The van der Waals surface area contributed by atoms with E-state index in [1.54, 1.807) is 0 Å². The summed E-state index contributed by atoms with van der Waals surface area (Å²) in [5.41, 5.74) is 0. The highest BCUT2D eigenvalue weighted by atomic mass is 16.0. The highest BCUT2D eigenvalue weighted by Gasteiger charge is 2.12. The van der Waals surface area contributed by atoms with Crippen molar-refractivity contribution in [3.05, 3.63) is 0 Å². The van der Waals surface area contributed by atoms with E-state index in [0.717, 1.165) is 5.92 Å². The largest absolute Gasteiger partial charge is 0.412 e. The summed E-state index contributed by atoms with van der Waals surface area (Å²) < 4.78 is 0. The number of hydrogen-bond donors (Lipinski definition) is 0. The topological polar surface area (TPSA) is 34.7 Å². The predicted octanol–water partition coefficient (Wildman–Crippen LogP) is 7.16. The summed E-state index contributed by atoms with van der Waals surface area (Å²) >= 11 is 0. The van der Waals surface area contributed by atoms with Crippen LogP contribution in [0.3, 0.4) is 0 Å². The molecule has 0 atom stereocenters. The van der Waals surface area contributed by atoms with Crippen LogP contribution in [0.1, 0.15) is 129 Å². The van der Waals surface area contributed by atoms with Crippen LogP contribution in [0, 0.1) is 5.92 Å². The molecule has 1 fully saturated rings. The number of nitrogens with zero attached hydrogens (tertiary/aromatic N) is 1. The zero-order valence-corrected chi connectivity index (χ0v) is 18.4. The molecule has 1 aliphatic carbocycles. The molecule has 2 nitrogen and oxygen atoms in total. The van der Waals surface area contributed by atoms with Crippen LogP contribution in [0.15, 0.2) is 0 Å².